The highest BCUT2D eigenvalue weighted by molar-refractivity contribution is 5.69. The molecule has 0 aromatic heterocycles. The van der Waals surface area contributed by atoms with E-state index in [1.165, 1.54) is 0 Å². The number of carbonyl (C=O) groups is 2. The van der Waals surface area contributed by atoms with Crippen LogP contribution in [0.3, 0.4) is 0 Å². The fraction of sp³-hybridized carbons (Fsp3) is 0.667. The molecule has 0 fully saturated rings. The lowest BCUT2D eigenvalue weighted by Crippen LogP contribution is -2.16. The number of aliphatic carboxylic acids is 1. The van der Waals surface area contributed by atoms with Crippen molar-refractivity contribution in [2.45, 2.75) is 129 Å². The van der Waals surface area contributed by atoms with Gasteiger partial charge in [-0.05, 0) is 70.3 Å². The van der Waals surface area contributed by atoms with E-state index in [-0.39, 0.29) is 18.5 Å². The topological polar surface area (TPSA) is 63.6 Å². The van der Waals surface area contributed by atoms with Crippen molar-refractivity contribution in [2.24, 2.45) is 0 Å². The molecule has 0 saturated carbocycles. The summed E-state index contributed by atoms with van der Waals surface area (Å²) in [6.07, 6.45) is 32.8. The molecule has 4 heteroatoms. The van der Waals surface area contributed by atoms with Crippen molar-refractivity contribution in [2.75, 3.05) is 0 Å². The van der Waals surface area contributed by atoms with Crippen LogP contribution >= 0.6 is 0 Å². The highest BCUT2D eigenvalue weighted by atomic mass is 16.5. The molecule has 1 atom stereocenters. The molecule has 0 bridgehead atoms. The van der Waals surface area contributed by atoms with Gasteiger partial charge in [0, 0.05) is 12.8 Å². The predicted molar refractivity (Wildman–Crippen MR) is 144 cm³/mol. The molecule has 0 aliphatic heterocycles. The van der Waals surface area contributed by atoms with Crippen molar-refractivity contribution in [3.63, 3.8) is 0 Å². The second-order valence-corrected chi connectivity index (χ2v) is 8.84. The molecule has 0 aromatic rings. The van der Waals surface area contributed by atoms with Crippen LogP contribution < -0.4 is 0 Å². The molecule has 0 spiro atoms. The first-order valence-electron chi connectivity index (χ1n) is 13.6. The Bertz CT molecular complexity index is 601. The lowest BCUT2D eigenvalue weighted by Gasteiger charge is -2.14. The first kappa shape index (κ1) is 31.9. The van der Waals surface area contributed by atoms with Crippen LogP contribution in [0.4, 0.5) is 0 Å². The van der Waals surface area contributed by atoms with Crippen molar-refractivity contribution in [3.8, 4) is 0 Å². The summed E-state index contributed by atoms with van der Waals surface area (Å²) >= 11 is 0. The van der Waals surface area contributed by atoms with Gasteiger partial charge in [0.2, 0.25) is 0 Å². The molecule has 0 saturated heterocycles. The van der Waals surface area contributed by atoms with Gasteiger partial charge in [0.25, 0.3) is 0 Å². The number of hydrogen-bond acceptors (Lipinski definition) is 3. The Morgan fingerprint density at radius 3 is 2.03 bits per heavy atom. The number of carboxylic acids is 1. The van der Waals surface area contributed by atoms with Crippen LogP contribution in [0.1, 0.15) is 123 Å². The number of rotatable bonds is 23. The Morgan fingerprint density at radius 2 is 1.32 bits per heavy atom. The molecule has 194 valence electrons. The van der Waals surface area contributed by atoms with E-state index in [9.17, 15) is 9.59 Å². The minimum atomic E-state index is -0.732. The minimum absolute atomic E-state index is 0.103. The molecule has 0 amide bonds. The van der Waals surface area contributed by atoms with Gasteiger partial charge in [-0.15, -0.1) is 0 Å². The summed E-state index contributed by atoms with van der Waals surface area (Å²) in [5.74, 6) is -0.835. The van der Waals surface area contributed by atoms with Crippen LogP contribution in [0.15, 0.2) is 48.6 Å². The fourth-order valence-electron chi connectivity index (χ4n) is 3.50. The number of hydrogen-bond donors (Lipinski definition) is 1. The highest BCUT2D eigenvalue weighted by Crippen LogP contribution is 2.14. The van der Waals surface area contributed by atoms with Crippen LogP contribution in [0.25, 0.3) is 0 Å². The van der Waals surface area contributed by atoms with E-state index in [0.29, 0.717) is 12.8 Å². The number of unbranched alkanes of at least 4 members (excludes halogenated alkanes) is 8. The van der Waals surface area contributed by atoms with Crippen molar-refractivity contribution < 1.29 is 19.4 Å². The number of esters is 1. The largest absolute Gasteiger partial charge is 0.481 e. The summed E-state index contributed by atoms with van der Waals surface area (Å²) in [6.45, 7) is 4.32. The van der Waals surface area contributed by atoms with Crippen LogP contribution in [0.2, 0.25) is 0 Å². The fourth-order valence-corrected chi connectivity index (χ4v) is 3.50. The zero-order valence-corrected chi connectivity index (χ0v) is 21.9. The molecule has 0 radical (unpaired) electrons. The second kappa shape index (κ2) is 25.5. The first-order chi connectivity index (χ1) is 16.6. The van der Waals surface area contributed by atoms with Crippen LogP contribution in [0.5, 0.6) is 0 Å². The van der Waals surface area contributed by atoms with E-state index < -0.39 is 5.97 Å². The molecular formula is C30H50O4. The summed E-state index contributed by atoms with van der Waals surface area (Å²) in [6, 6.07) is 0. The van der Waals surface area contributed by atoms with E-state index >= 15 is 0 Å². The van der Waals surface area contributed by atoms with Gasteiger partial charge in [-0.2, -0.15) is 0 Å². The third-order valence-corrected chi connectivity index (χ3v) is 5.52. The molecule has 0 rings (SSSR count). The quantitative estimate of drug-likeness (QED) is 0.0912. The monoisotopic (exact) mass is 474 g/mol. The summed E-state index contributed by atoms with van der Waals surface area (Å²) in [5.41, 5.74) is 0. The minimum Gasteiger partial charge on any atom is -0.481 e. The standard InChI is InChI=1S/C30H50O4/c1-3-5-7-9-10-11-12-13-14-15-16-17-23-27-30(33)34-28(24-20-8-6-4-2)25-21-18-19-22-26-29(31)32/h5,7,10-11,13-14,20,24,28H,3-4,6,8-9,12,15-19,21-23,25-27H2,1-2H3,(H,31,32)/b7-5-,11-10-,14-13-,24-20-. The van der Waals surface area contributed by atoms with E-state index in [0.717, 1.165) is 89.9 Å². The summed E-state index contributed by atoms with van der Waals surface area (Å²) in [5, 5.41) is 8.72. The Hall–Kier alpha value is -2.10. The lowest BCUT2D eigenvalue weighted by atomic mass is 10.1. The maximum Gasteiger partial charge on any atom is 0.306 e. The molecule has 1 N–H and O–H groups in total. The third kappa shape index (κ3) is 24.5. The maximum atomic E-state index is 12.3. The molecular weight excluding hydrogens is 424 g/mol. The van der Waals surface area contributed by atoms with Gasteiger partial charge in [-0.3, -0.25) is 9.59 Å². The van der Waals surface area contributed by atoms with Crippen molar-refractivity contribution in [1.82, 2.24) is 0 Å². The normalized spacial score (nSPS) is 13.0. The van der Waals surface area contributed by atoms with Crippen molar-refractivity contribution >= 4 is 11.9 Å². The average molecular weight is 475 g/mol. The van der Waals surface area contributed by atoms with Crippen molar-refractivity contribution in [3.05, 3.63) is 48.6 Å². The Balaban J connectivity index is 4.02. The average Bonchev–Trinajstić information content (AvgIpc) is 2.81. The SMILES string of the molecule is CC/C=C\C/C=C\C/C=C\CCCCCC(=O)OC(/C=C\CCCC)CCCCCCC(=O)O. The Labute approximate surface area is 209 Å². The van der Waals surface area contributed by atoms with E-state index in [1.807, 2.05) is 6.08 Å². The molecule has 0 aliphatic rings. The van der Waals surface area contributed by atoms with Crippen LogP contribution in [-0.2, 0) is 14.3 Å². The second-order valence-electron chi connectivity index (χ2n) is 8.84. The molecule has 0 aromatic carbocycles. The Morgan fingerprint density at radius 1 is 0.706 bits per heavy atom. The van der Waals surface area contributed by atoms with Gasteiger partial charge in [-0.25, -0.2) is 0 Å². The van der Waals surface area contributed by atoms with Gasteiger partial charge in [0.15, 0.2) is 0 Å². The maximum absolute atomic E-state index is 12.3. The van der Waals surface area contributed by atoms with Crippen LogP contribution in [-0.4, -0.2) is 23.1 Å². The van der Waals surface area contributed by atoms with Gasteiger partial charge in [-0.1, -0.05) is 88.5 Å². The zero-order chi connectivity index (χ0) is 25.1. The number of carboxylic acid groups (broad SMARTS) is 1. The lowest BCUT2D eigenvalue weighted by molar-refractivity contribution is -0.147. The third-order valence-electron chi connectivity index (χ3n) is 5.52. The molecule has 34 heavy (non-hydrogen) atoms. The van der Waals surface area contributed by atoms with Gasteiger partial charge in [0.05, 0.1) is 0 Å². The molecule has 0 aliphatic carbocycles. The Kier molecular flexibility index (Phi) is 23.9. The summed E-state index contributed by atoms with van der Waals surface area (Å²) in [7, 11) is 0. The van der Waals surface area contributed by atoms with Gasteiger partial charge in [0.1, 0.15) is 6.10 Å². The zero-order valence-electron chi connectivity index (χ0n) is 21.9. The first-order valence-corrected chi connectivity index (χ1v) is 13.6. The smallest absolute Gasteiger partial charge is 0.306 e. The predicted octanol–water partition coefficient (Wildman–Crippen LogP) is 8.88. The highest BCUT2D eigenvalue weighted by Gasteiger charge is 2.11. The van der Waals surface area contributed by atoms with Gasteiger partial charge < -0.3 is 9.84 Å². The number of carbonyl (C=O) groups excluding carboxylic acids is 1. The molecule has 1 unspecified atom stereocenters. The van der Waals surface area contributed by atoms with E-state index in [1.54, 1.807) is 0 Å². The number of allylic oxidation sites excluding steroid dienone is 7. The molecule has 4 nitrogen and oxygen atoms in total. The van der Waals surface area contributed by atoms with E-state index in [2.05, 4.69) is 56.4 Å². The number of ether oxygens (including phenoxy) is 1. The van der Waals surface area contributed by atoms with Crippen LogP contribution in [0, 0.1) is 0 Å². The van der Waals surface area contributed by atoms with E-state index in [4.69, 9.17) is 9.84 Å². The molecule has 0 heterocycles. The summed E-state index contributed by atoms with van der Waals surface area (Å²) < 4.78 is 5.74. The van der Waals surface area contributed by atoms with Gasteiger partial charge >= 0.3 is 11.9 Å². The summed E-state index contributed by atoms with van der Waals surface area (Å²) in [4.78, 5) is 22.9. The van der Waals surface area contributed by atoms with Crippen molar-refractivity contribution in [1.29, 1.82) is 0 Å².